The number of ether oxygens (including phenoxy) is 1. The molecule has 0 aromatic heterocycles. The van der Waals surface area contributed by atoms with Crippen molar-refractivity contribution in [3.63, 3.8) is 0 Å². The lowest BCUT2D eigenvalue weighted by Crippen LogP contribution is -2.35. The SMILES string of the molecule is Cc1cccc(CN2C(=S)SCC3OC32)c1. The van der Waals surface area contributed by atoms with Gasteiger partial charge in [-0.25, -0.2) is 0 Å². The molecule has 2 nitrogen and oxygen atoms in total. The van der Waals surface area contributed by atoms with E-state index in [2.05, 4.69) is 36.1 Å². The number of hydrogen-bond acceptors (Lipinski definition) is 3. The van der Waals surface area contributed by atoms with Gasteiger partial charge < -0.3 is 9.64 Å². The van der Waals surface area contributed by atoms with E-state index in [0.717, 1.165) is 16.6 Å². The van der Waals surface area contributed by atoms with Crippen molar-refractivity contribution in [2.24, 2.45) is 0 Å². The quantitative estimate of drug-likeness (QED) is 0.593. The summed E-state index contributed by atoms with van der Waals surface area (Å²) < 4.78 is 6.55. The molecule has 4 heteroatoms. The third-order valence-corrected chi connectivity index (χ3v) is 4.47. The van der Waals surface area contributed by atoms with Crippen molar-refractivity contribution in [2.45, 2.75) is 25.8 Å². The minimum absolute atomic E-state index is 0.245. The fraction of sp³-hybridized carbons (Fsp3) is 0.417. The Bertz CT molecular complexity index is 435. The topological polar surface area (TPSA) is 15.8 Å². The molecule has 2 aliphatic heterocycles. The Balaban J connectivity index is 1.76. The predicted molar refractivity (Wildman–Crippen MR) is 70.4 cm³/mol. The number of epoxide rings is 1. The Labute approximate surface area is 105 Å². The van der Waals surface area contributed by atoms with Gasteiger partial charge in [-0.15, -0.1) is 0 Å². The molecule has 2 atom stereocenters. The van der Waals surface area contributed by atoms with E-state index in [1.165, 1.54) is 11.1 Å². The van der Waals surface area contributed by atoms with E-state index in [4.69, 9.17) is 17.0 Å². The average molecular weight is 251 g/mol. The smallest absolute Gasteiger partial charge is 0.159 e. The standard InChI is InChI=1S/C12H13NOS2/c1-8-3-2-4-9(5-8)6-13-11-10(14-11)7-16-12(13)15/h2-5,10-11H,6-7H2,1H3. The number of aryl methyl sites for hydroxylation is 1. The highest BCUT2D eigenvalue weighted by molar-refractivity contribution is 8.23. The molecule has 0 amide bonds. The second-order valence-corrected chi connectivity index (χ2v) is 5.91. The van der Waals surface area contributed by atoms with E-state index in [1.807, 2.05) is 0 Å². The van der Waals surface area contributed by atoms with Crippen LogP contribution in [0.5, 0.6) is 0 Å². The molecule has 1 aromatic rings. The first-order valence-electron chi connectivity index (χ1n) is 5.38. The Morgan fingerprint density at radius 1 is 1.56 bits per heavy atom. The maximum absolute atomic E-state index is 5.58. The maximum Gasteiger partial charge on any atom is 0.159 e. The van der Waals surface area contributed by atoms with Gasteiger partial charge in [-0.05, 0) is 12.5 Å². The van der Waals surface area contributed by atoms with Gasteiger partial charge in [-0.3, -0.25) is 0 Å². The predicted octanol–water partition coefficient (Wildman–Crippen LogP) is 2.55. The highest BCUT2D eigenvalue weighted by atomic mass is 32.2. The fourth-order valence-corrected chi connectivity index (χ4v) is 3.29. The number of hydrogen-bond donors (Lipinski definition) is 0. The van der Waals surface area contributed by atoms with Crippen molar-refractivity contribution in [3.8, 4) is 0 Å². The molecular formula is C12H13NOS2. The first kappa shape index (κ1) is 10.6. The Morgan fingerprint density at radius 2 is 2.44 bits per heavy atom. The van der Waals surface area contributed by atoms with Gasteiger partial charge in [-0.2, -0.15) is 0 Å². The highest BCUT2D eigenvalue weighted by Crippen LogP contribution is 2.37. The molecule has 0 bridgehead atoms. The summed E-state index contributed by atoms with van der Waals surface area (Å²) in [6.07, 6.45) is 0.649. The van der Waals surface area contributed by atoms with Crippen LogP contribution in [0.3, 0.4) is 0 Å². The second kappa shape index (κ2) is 4.02. The Kier molecular flexibility index (Phi) is 2.65. The van der Waals surface area contributed by atoms with Gasteiger partial charge in [0.15, 0.2) is 6.23 Å². The molecule has 2 unspecified atom stereocenters. The van der Waals surface area contributed by atoms with Crippen molar-refractivity contribution in [2.75, 3.05) is 5.75 Å². The van der Waals surface area contributed by atoms with Crippen LogP contribution in [-0.2, 0) is 11.3 Å². The number of rotatable bonds is 2. The van der Waals surface area contributed by atoms with Crippen molar-refractivity contribution >= 4 is 28.3 Å². The zero-order valence-corrected chi connectivity index (χ0v) is 10.7. The number of fused-ring (bicyclic) bond motifs is 1. The normalized spacial score (nSPS) is 27.8. The number of thioether (sulfide) groups is 1. The molecule has 16 heavy (non-hydrogen) atoms. The summed E-state index contributed by atoms with van der Waals surface area (Å²) in [6, 6.07) is 8.56. The van der Waals surface area contributed by atoms with Gasteiger partial charge in [0.25, 0.3) is 0 Å². The van der Waals surface area contributed by atoms with Crippen LogP contribution in [0.15, 0.2) is 24.3 Å². The maximum atomic E-state index is 5.58. The van der Waals surface area contributed by atoms with Gasteiger partial charge in [0.2, 0.25) is 0 Å². The molecule has 0 radical (unpaired) electrons. The average Bonchev–Trinajstić information content (AvgIpc) is 3.02. The fourth-order valence-electron chi connectivity index (χ4n) is 2.03. The molecular weight excluding hydrogens is 238 g/mol. The summed E-state index contributed by atoms with van der Waals surface area (Å²) in [5.74, 6) is 1.02. The molecule has 0 saturated carbocycles. The first-order chi connectivity index (χ1) is 7.74. The molecule has 84 valence electrons. The van der Waals surface area contributed by atoms with E-state index in [-0.39, 0.29) is 6.23 Å². The van der Waals surface area contributed by atoms with Crippen LogP contribution in [0, 0.1) is 6.92 Å². The molecule has 2 fully saturated rings. The largest absolute Gasteiger partial charge is 0.347 e. The van der Waals surface area contributed by atoms with Crippen LogP contribution in [0.2, 0.25) is 0 Å². The first-order valence-corrected chi connectivity index (χ1v) is 6.78. The molecule has 0 N–H and O–H groups in total. The van der Waals surface area contributed by atoms with Crippen molar-refractivity contribution in [1.29, 1.82) is 0 Å². The lowest BCUT2D eigenvalue weighted by molar-refractivity contribution is 0.260. The Hall–Kier alpha value is -0.580. The lowest BCUT2D eigenvalue weighted by atomic mass is 10.1. The summed E-state index contributed by atoms with van der Waals surface area (Å²) in [5.41, 5.74) is 2.60. The van der Waals surface area contributed by atoms with Gasteiger partial charge in [0.1, 0.15) is 10.4 Å². The zero-order valence-electron chi connectivity index (χ0n) is 9.05. The lowest BCUT2D eigenvalue weighted by Gasteiger charge is -2.25. The summed E-state index contributed by atoms with van der Waals surface area (Å²) in [6.45, 7) is 2.98. The minimum Gasteiger partial charge on any atom is -0.347 e. The van der Waals surface area contributed by atoms with Crippen LogP contribution < -0.4 is 0 Å². The van der Waals surface area contributed by atoms with Crippen molar-refractivity contribution < 1.29 is 4.74 Å². The molecule has 1 aromatic carbocycles. The van der Waals surface area contributed by atoms with Crippen LogP contribution in [0.25, 0.3) is 0 Å². The van der Waals surface area contributed by atoms with Gasteiger partial charge >= 0.3 is 0 Å². The van der Waals surface area contributed by atoms with Gasteiger partial charge in [0, 0.05) is 12.3 Å². The van der Waals surface area contributed by atoms with Crippen molar-refractivity contribution in [1.82, 2.24) is 4.90 Å². The molecule has 3 rings (SSSR count). The van der Waals surface area contributed by atoms with E-state index < -0.39 is 0 Å². The van der Waals surface area contributed by atoms with Gasteiger partial charge in [0.05, 0.1) is 0 Å². The molecule has 0 aliphatic carbocycles. The third-order valence-electron chi connectivity index (χ3n) is 2.90. The zero-order chi connectivity index (χ0) is 11.1. The third kappa shape index (κ3) is 1.97. The Morgan fingerprint density at radius 3 is 3.25 bits per heavy atom. The molecule has 2 aliphatic rings. The highest BCUT2D eigenvalue weighted by Gasteiger charge is 2.48. The summed E-state index contributed by atoms with van der Waals surface area (Å²) in [4.78, 5) is 2.20. The number of nitrogens with zero attached hydrogens (tertiary/aromatic N) is 1. The van der Waals surface area contributed by atoms with E-state index in [9.17, 15) is 0 Å². The summed E-state index contributed by atoms with van der Waals surface area (Å²) in [7, 11) is 0. The molecule has 2 heterocycles. The monoisotopic (exact) mass is 251 g/mol. The number of benzene rings is 1. The molecule has 0 spiro atoms. The number of thiocarbonyl (C=S) groups is 1. The van der Waals surface area contributed by atoms with E-state index in [0.29, 0.717) is 6.10 Å². The van der Waals surface area contributed by atoms with Crippen LogP contribution in [0.4, 0.5) is 0 Å². The van der Waals surface area contributed by atoms with Crippen LogP contribution in [0.1, 0.15) is 11.1 Å². The van der Waals surface area contributed by atoms with E-state index in [1.54, 1.807) is 11.8 Å². The second-order valence-electron chi connectivity index (χ2n) is 4.26. The minimum atomic E-state index is 0.245. The van der Waals surface area contributed by atoms with Gasteiger partial charge in [-0.1, -0.05) is 53.8 Å². The van der Waals surface area contributed by atoms with Crippen LogP contribution >= 0.6 is 24.0 Å². The summed E-state index contributed by atoms with van der Waals surface area (Å²) in [5, 5.41) is 0. The summed E-state index contributed by atoms with van der Waals surface area (Å²) >= 11 is 7.10. The van der Waals surface area contributed by atoms with E-state index >= 15 is 0 Å². The van der Waals surface area contributed by atoms with Crippen molar-refractivity contribution in [3.05, 3.63) is 35.4 Å². The van der Waals surface area contributed by atoms with Crippen LogP contribution in [-0.4, -0.2) is 27.3 Å². The molecule has 2 saturated heterocycles.